The highest BCUT2D eigenvalue weighted by Gasteiger charge is 2.08. The SMILES string of the molecule is CNC(C)c1cccc(NC(=O)c2ccoc2)c1. The fourth-order valence-corrected chi connectivity index (χ4v) is 1.65. The largest absolute Gasteiger partial charge is 0.472 e. The van der Waals surface area contributed by atoms with Gasteiger partial charge in [0.1, 0.15) is 6.26 Å². The lowest BCUT2D eigenvalue weighted by Gasteiger charge is -2.12. The first-order valence-electron chi connectivity index (χ1n) is 5.81. The highest BCUT2D eigenvalue weighted by molar-refractivity contribution is 6.04. The molecule has 1 heterocycles. The van der Waals surface area contributed by atoms with Crippen molar-refractivity contribution in [2.75, 3.05) is 12.4 Å². The normalized spacial score (nSPS) is 12.1. The smallest absolute Gasteiger partial charge is 0.258 e. The summed E-state index contributed by atoms with van der Waals surface area (Å²) >= 11 is 0. The molecule has 4 heteroatoms. The van der Waals surface area contributed by atoms with Gasteiger partial charge in [-0.25, -0.2) is 0 Å². The topological polar surface area (TPSA) is 54.3 Å². The first-order valence-corrected chi connectivity index (χ1v) is 5.81. The zero-order valence-electron chi connectivity index (χ0n) is 10.4. The van der Waals surface area contributed by atoms with Crippen molar-refractivity contribution in [2.45, 2.75) is 13.0 Å². The summed E-state index contributed by atoms with van der Waals surface area (Å²) in [5, 5.41) is 6.00. The molecule has 2 aromatic rings. The van der Waals surface area contributed by atoms with E-state index in [-0.39, 0.29) is 11.9 Å². The minimum absolute atomic E-state index is 0.169. The van der Waals surface area contributed by atoms with Crippen molar-refractivity contribution in [3.05, 3.63) is 54.0 Å². The Bertz CT molecular complexity index is 520. The van der Waals surface area contributed by atoms with Crippen molar-refractivity contribution in [3.8, 4) is 0 Å². The summed E-state index contributed by atoms with van der Waals surface area (Å²) in [5.74, 6) is -0.169. The summed E-state index contributed by atoms with van der Waals surface area (Å²) in [6.07, 6.45) is 2.91. The molecular weight excluding hydrogens is 228 g/mol. The van der Waals surface area contributed by atoms with Gasteiger partial charge in [0.2, 0.25) is 0 Å². The van der Waals surface area contributed by atoms with Crippen molar-refractivity contribution in [2.24, 2.45) is 0 Å². The van der Waals surface area contributed by atoms with E-state index in [0.29, 0.717) is 5.56 Å². The monoisotopic (exact) mass is 244 g/mol. The third-order valence-corrected chi connectivity index (χ3v) is 2.86. The summed E-state index contributed by atoms with van der Waals surface area (Å²) < 4.78 is 4.88. The average Bonchev–Trinajstić information content (AvgIpc) is 2.92. The quantitative estimate of drug-likeness (QED) is 0.869. The molecule has 94 valence electrons. The Balaban J connectivity index is 2.12. The van der Waals surface area contributed by atoms with Crippen molar-refractivity contribution >= 4 is 11.6 Å². The zero-order valence-corrected chi connectivity index (χ0v) is 10.4. The van der Waals surface area contributed by atoms with Crippen LogP contribution >= 0.6 is 0 Å². The number of hydrogen-bond donors (Lipinski definition) is 2. The number of anilines is 1. The maximum Gasteiger partial charge on any atom is 0.258 e. The summed E-state index contributed by atoms with van der Waals surface area (Å²) in [7, 11) is 1.90. The summed E-state index contributed by atoms with van der Waals surface area (Å²) in [5.41, 5.74) is 2.42. The average molecular weight is 244 g/mol. The molecule has 1 amide bonds. The molecule has 0 bridgehead atoms. The maximum atomic E-state index is 11.8. The second-order valence-electron chi connectivity index (χ2n) is 4.10. The molecule has 2 rings (SSSR count). The van der Waals surface area contributed by atoms with E-state index >= 15 is 0 Å². The molecular formula is C14H16N2O2. The van der Waals surface area contributed by atoms with Gasteiger partial charge < -0.3 is 15.1 Å². The van der Waals surface area contributed by atoms with Crippen molar-refractivity contribution in [1.82, 2.24) is 5.32 Å². The number of rotatable bonds is 4. The van der Waals surface area contributed by atoms with Crippen molar-refractivity contribution in [1.29, 1.82) is 0 Å². The second kappa shape index (κ2) is 5.51. The molecule has 4 nitrogen and oxygen atoms in total. The number of carbonyl (C=O) groups is 1. The number of carbonyl (C=O) groups excluding carboxylic acids is 1. The van der Waals surface area contributed by atoms with Crippen LogP contribution in [0, 0.1) is 0 Å². The predicted molar refractivity (Wildman–Crippen MR) is 70.6 cm³/mol. The molecule has 1 aromatic carbocycles. The van der Waals surface area contributed by atoms with Gasteiger partial charge >= 0.3 is 0 Å². The zero-order chi connectivity index (χ0) is 13.0. The fourth-order valence-electron chi connectivity index (χ4n) is 1.65. The van der Waals surface area contributed by atoms with Gasteiger partial charge in [-0.3, -0.25) is 4.79 Å². The summed E-state index contributed by atoms with van der Waals surface area (Å²) in [6.45, 7) is 2.07. The molecule has 18 heavy (non-hydrogen) atoms. The van der Waals surface area contributed by atoms with E-state index < -0.39 is 0 Å². The van der Waals surface area contributed by atoms with E-state index in [1.807, 2.05) is 31.3 Å². The second-order valence-corrected chi connectivity index (χ2v) is 4.10. The minimum atomic E-state index is -0.169. The van der Waals surface area contributed by atoms with E-state index in [1.54, 1.807) is 6.07 Å². The Morgan fingerprint density at radius 3 is 2.83 bits per heavy atom. The van der Waals surface area contributed by atoms with E-state index in [0.717, 1.165) is 11.3 Å². The van der Waals surface area contributed by atoms with Gasteiger partial charge in [0, 0.05) is 11.7 Å². The fraction of sp³-hybridized carbons (Fsp3) is 0.214. The molecule has 0 aliphatic heterocycles. The predicted octanol–water partition coefficient (Wildman–Crippen LogP) is 2.81. The molecule has 1 unspecified atom stereocenters. The van der Waals surface area contributed by atoms with Crippen LogP contribution in [0.5, 0.6) is 0 Å². The van der Waals surface area contributed by atoms with E-state index in [2.05, 4.69) is 17.6 Å². The third kappa shape index (κ3) is 2.78. The van der Waals surface area contributed by atoms with Crippen LogP contribution in [-0.2, 0) is 0 Å². The number of amides is 1. The van der Waals surface area contributed by atoms with Gasteiger partial charge in [-0.2, -0.15) is 0 Å². The van der Waals surface area contributed by atoms with Gasteiger partial charge in [-0.1, -0.05) is 12.1 Å². The Hall–Kier alpha value is -2.07. The van der Waals surface area contributed by atoms with E-state index in [1.165, 1.54) is 12.5 Å². The first-order chi connectivity index (χ1) is 8.70. The highest BCUT2D eigenvalue weighted by Crippen LogP contribution is 2.17. The van der Waals surface area contributed by atoms with Gasteiger partial charge in [0.05, 0.1) is 11.8 Å². The molecule has 0 aliphatic rings. The lowest BCUT2D eigenvalue weighted by atomic mass is 10.1. The molecule has 0 fully saturated rings. The van der Waals surface area contributed by atoms with Crippen LogP contribution in [0.15, 0.2) is 47.3 Å². The highest BCUT2D eigenvalue weighted by atomic mass is 16.3. The lowest BCUT2D eigenvalue weighted by molar-refractivity contribution is 0.102. The molecule has 0 radical (unpaired) electrons. The first kappa shape index (κ1) is 12.4. The Morgan fingerprint density at radius 2 is 2.17 bits per heavy atom. The van der Waals surface area contributed by atoms with Crippen LogP contribution in [0.4, 0.5) is 5.69 Å². The Kier molecular flexibility index (Phi) is 3.79. The molecule has 0 saturated heterocycles. The van der Waals surface area contributed by atoms with E-state index in [9.17, 15) is 4.79 Å². The van der Waals surface area contributed by atoms with Crippen LogP contribution in [0.2, 0.25) is 0 Å². The van der Waals surface area contributed by atoms with Crippen LogP contribution < -0.4 is 10.6 Å². The lowest BCUT2D eigenvalue weighted by Crippen LogP contribution is -2.14. The number of hydrogen-bond acceptors (Lipinski definition) is 3. The number of benzene rings is 1. The van der Waals surface area contributed by atoms with Crippen molar-refractivity contribution in [3.63, 3.8) is 0 Å². The Morgan fingerprint density at radius 1 is 1.33 bits per heavy atom. The third-order valence-electron chi connectivity index (χ3n) is 2.86. The molecule has 0 aliphatic carbocycles. The molecule has 1 aromatic heterocycles. The maximum absolute atomic E-state index is 11.8. The Labute approximate surface area is 106 Å². The summed E-state index contributed by atoms with van der Waals surface area (Å²) in [4.78, 5) is 11.8. The van der Waals surface area contributed by atoms with Crippen LogP contribution in [-0.4, -0.2) is 13.0 Å². The standard InChI is InChI=1S/C14H16N2O2/c1-10(15-2)11-4-3-5-13(8-11)16-14(17)12-6-7-18-9-12/h3-10,15H,1-2H3,(H,16,17). The van der Waals surface area contributed by atoms with Gasteiger partial charge in [0.15, 0.2) is 0 Å². The van der Waals surface area contributed by atoms with Gasteiger partial charge in [-0.15, -0.1) is 0 Å². The van der Waals surface area contributed by atoms with Crippen LogP contribution in [0.1, 0.15) is 28.9 Å². The molecule has 0 spiro atoms. The summed E-state index contributed by atoms with van der Waals surface area (Å²) in [6, 6.07) is 9.65. The molecule has 1 atom stereocenters. The molecule has 0 saturated carbocycles. The number of furan rings is 1. The van der Waals surface area contributed by atoms with Gasteiger partial charge in [0.25, 0.3) is 5.91 Å². The molecule has 2 N–H and O–H groups in total. The minimum Gasteiger partial charge on any atom is -0.472 e. The van der Waals surface area contributed by atoms with Gasteiger partial charge in [-0.05, 0) is 37.7 Å². The van der Waals surface area contributed by atoms with Crippen LogP contribution in [0.3, 0.4) is 0 Å². The van der Waals surface area contributed by atoms with E-state index in [4.69, 9.17) is 4.42 Å². The number of nitrogens with one attached hydrogen (secondary N) is 2. The van der Waals surface area contributed by atoms with Crippen molar-refractivity contribution < 1.29 is 9.21 Å². The van der Waals surface area contributed by atoms with Crippen LogP contribution in [0.25, 0.3) is 0 Å².